The molecule has 0 aliphatic carbocycles. The average molecular weight is 186 g/mol. The van der Waals surface area contributed by atoms with Gasteiger partial charge in [0, 0.05) is 12.6 Å². The number of carbonyl (C=O) groups is 1. The molecule has 0 aromatic carbocycles. The highest BCUT2D eigenvalue weighted by Gasteiger charge is 2.09. The molecule has 0 amide bonds. The van der Waals surface area contributed by atoms with E-state index in [9.17, 15) is 4.79 Å². The van der Waals surface area contributed by atoms with Crippen LogP contribution < -0.4 is 10.6 Å². The van der Waals surface area contributed by atoms with E-state index >= 15 is 0 Å². The molecule has 0 fully saturated rings. The van der Waals surface area contributed by atoms with Gasteiger partial charge in [0.25, 0.3) is 0 Å². The zero-order valence-corrected chi connectivity index (χ0v) is 9.13. The molecule has 0 spiro atoms. The monoisotopic (exact) mass is 186 g/mol. The second-order valence-corrected chi connectivity index (χ2v) is 3.97. The summed E-state index contributed by atoms with van der Waals surface area (Å²) in [5.41, 5.74) is 0. The summed E-state index contributed by atoms with van der Waals surface area (Å²) < 4.78 is 0. The highest BCUT2D eigenvalue weighted by molar-refractivity contribution is 5.57. The molecule has 0 saturated carbocycles. The molecule has 2 N–H and O–H groups in total. The van der Waals surface area contributed by atoms with Crippen LogP contribution in [-0.4, -0.2) is 32.0 Å². The van der Waals surface area contributed by atoms with Crippen LogP contribution in [0, 0.1) is 5.92 Å². The van der Waals surface area contributed by atoms with Crippen LogP contribution in [0.5, 0.6) is 0 Å². The molecule has 0 aliphatic heterocycles. The topological polar surface area (TPSA) is 41.1 Å². The van der Waals surface area contributed by atoms with Gasteiger partial charge in [0.1, 0.15) is 6.29 Å². The van der Waals surface area contributed by atoms with Crippen molar-refractivity contribution in [1.29, 1.82) is 0 Å². The Morgan fingerprint density at radius 1 is 1.31 bits per heavy atom. The maximum Gasteiger partial charge on any atom is 0.136 e. The third kappa shape index (κ3) is 6.72. The summed E-state index contributed by atoms with van der Waals surface area (Å²) >= 11 is 0. The molecule has 3 nitrogen and oxygen atoms in total. The standard InChI is InChI=1S/C10H22N2O/c1-8(2)5-10(7-13)12-6-9(3)11-4/h7-12H,5-6H2,1-4H3. The predicted octanol–water partition coefficient (Wildman–Crippen LogP) is 0.797. The zero-order valence-electron chi connectivity index (χ0n) is 9.13. The number of nitrogens with one attached hydrogen (secondary N) is 2. The fourth-order valence-corrected chi connectivity index (χ4v) is 1.13. The molecule has 0 aromatic heterocycles. The van der Waals surface area contributed by atoms with Gasteiger partial charge >= 0.3 is 0 Å². The van der Waals surface area contributed by atoms with Gasteiger partial charge in [-0.2, -0.15) is 0 Å². The molecule has 78 valence electrons. The van der Waals surface area contributed by atoms with Crippen LogP contribution in [0.15, 0.2) is 0 Å². The van der Waals surface area contributed by atoms with E-state index in [1.807, 2.05) is 7.05 Å². The van der Waals surface area contributed by atoms with Crippen molar-refractivity contribution in [2.75, 3.05) is 13.6 Å². The normalized spacial score (nSPS) is 15.8. The van der Waals surface area contributed by atoms with Gasteiger partial charge in [-0.05, 0) is 26.3 Å². The summed E-state index contributed by atoms with van der Waals surface area (Å²) in [6.45, 7) is 7.18. The fourth-order valence-electron chi connectivity index (χ4n) is 1.13. The lowest BCUT2D eigenvalue weighted by atomic mass is 10.0. The van der Waals surface area contributed by atoms with E-state index in [2.05, 4.69) is 31.4 Å². The zero-order chi connectivity index (χ0) is 10.3. The van der Waals surface area contributed by atoms with Crippen molar-refractivity contribution in [3.05, 3.63) is 0 Å². The van der Waals surface area contributed by atoms with Crippen LogP contribution in [0.4, 0.5) is 0 Å². The Hall–Kier alpha value is -0.410. The quantitative estimate of drug-likeness (QED) is 0.578. The molecule has 3 heteroatoms. The van der Waals surface area contributed by atoms with Crippen molar-refractivity contribution in [3.63, 3.8) is 0 Å². The van der Waals surface area contributed by atoms with Gasteiger partial charge in [0.2, 0.25) is 0 Å². The van der Waals surface area contributed by atoms with Crippen molar-refractivity contribution in [2.45, 2.75) is 39.3 Å². The fraction of sp³-hybridized carbons (Fsp3) is 0.900. The van der Waals surface area contributed by atoms with Crippen molar-refractivity contribution in [3.8, 4) is 0 Å². The summed E-state index contributed by atoms with van der Waals surface area (Å²) in [5.74, 6) is 0.563. The number of aldehydes is 1. The van der Waals surface area contributed by atoms with Gasteiger partial charge in [-0.25, -0.2) is 0 Å². The molecule has 0 heterocycles. The smallest absolute Gasteiger partial charge is 0.136 e. The number of hydrogen-bond donors (Lipinski definition) is 2. The second kappa shape index (κ2) is 7.04. The Labute approximate surface area is 81.3 Å². The van der Waals surface area contributed by atoms with Crippen LogP contribution >= 0.6 is 0 Å². The second-order valence-electron chi connectivity index (χ2n) is 3.97. The molecular weight excluding hydrogens is 164 g/mol. The lowest BCUT2D eigenvalue weighted by Gasteiger charge is -2.17. The molecule has 0 rings (SSSR count). The number of hydrogen-bond acceptors (Lipinski definition) is 3. The molecule has 2 atom stereocenters. The Kier molecular flexibility index (Phi) is 6.82. The molecular formula is C10H22N2O. The highest BCUT2D eigenvalue weighted by Crippen LogP contribution is 2.02. The van der Waals surface area contributed by atoms with Crippen molar-refractivity contribution in [2.24, 2.45) is 5.92 Å². The van der Waals surface area contributed by atoms with Crippen molar-refractivity contribution < 1.29 is 4.79 Å². The van der Waals surface area contributed by atoms with E-state index in [4.69, 9.17) is 0 Å². The minimum Gasteiger partial charge on any atom is -0.316 e. The first-order chi connectivity index (χ1) is 6.10. The van der Waals surface area contributed by atoms with E-state index in [-0.39, 0.29) is 6.04 Å². The minimum atomic E-state index is 0.01000. The third-order valence-electron chi connectivity index (χ3n) is 2.07. The Morgan fingerprint density at radius 2 is 1.92 bits per heavy atom. The van der Waals surface area contributed by atoms with Crippen LogP contribution in [-0.2, 0) is 4.79 Å². The third-order valence-corrected chi connectivity index (χ3v) is 2.07. The Balaban J connectivity index is 3.65. The minimum absolute atomic E-state index is 0.01000. The first-order valence-electron chi connectivity index (χ1n) is 4.96. The first kappa shape index (κ1) is 12.6. The Morgan fingerprint density at radius 3 is 2.31 bits per heavy atom. The van der Waals surface area contributed by atoms with Gasteiger partial charge in [0.05, 0.1) is 6.04 Å². The average Bonchev–Trinajstić information content (AvgIpc) is 2.10. The van der Waals surface area contributed by atoms with Gasteiger partial charge in [0.15, 0.2) is 0 Å². The molecule has 0 saturated heterocycles. The number of likely N-dealkylation sites (N-methyl/N-ethyl adjacent to an activating group) is 1. The summed E-state index contributed by atoms with van der Waals surface area (Å²) in [6.07, 6.45) is 1.92. The highest BCUT2D eigenvalue weighted by atomic mass is 16.1. The van der Waals surface area contributed by atoms with Gasteiger partial charge in [-0.15, -0.1) is 0 Å². The van der Waals surface area contributed by atoms with Crippen LogP contribution in [0.2, 0.25) is 0 Å². The van der Waals surface area contributed by atoms with Gasteiger partial charge < -0.3 is 15.4 Å². The van der Waals surface area contributed by atoms with Crippen molar-refractivity contribution in [1.82, 2.24) is 10.6 Å². The predicted molar refractivity (Wildman–Crippen MR) is 55.8 cm³/mol. The lowest BCUT2D eigenvalue weighted by Crippen LogP contribution is -2.40. The first-order valence-corrected chi connectivity index (χ1v) is 4.96. The SMILES string of the molecule is CNC(C)CNC(C=O)CC(C)C. The largest absolute Gasteiger partial charge is 0.316 e. The summed E-state index contributed by atoms with van der Waals surface area (Å²) in [5, 5.41) is 6.34. The maximum atomic E-state index is 10.7. The van der Waals surface area contributed by atoms with Crippen LogP contribution in [0.25, 0.3) is 0 Å². The van der Waals surface area contributed by atoms with Gasteiger partial charge in [-0.1, -0.05) is 13.8 Å². The van der Waals surface area contributed by atoms with Crippen LogP contribution in [0.3, 0.4) is 0 Å². The summed E-state index contributed by atoms with van der Waals surface area (Å²) in [4.78, 5) is 10.7. The Bertz CT molecular complexity index is 137. The van der Waals surface area contributed by atoms with E-state index in [0.29, 0.717) is 12.0 Å². The number of carbonyl (C=O) groups excluding carboxylic acids is 1. The molecule has 0 aliphatic rings. The summed E-state index contributed by atoms with van der Waals surface area (Å²) in [7, 11) is 1.92. The van der Waals surface area contributed by atoms with E-state index in [1.54, 1.807) is 0 Å². The van der Waals surface area contributed by atoms with Crippen LogP contribution in [0.1, 0.15) is 27.2 Å². The lowest BCUT2D eigenvalue weighted by molar-refractivity contribution is -0.109. The van der Waals surface area contributed by atoms with E-state index in [0.717, 1.165) is 19.3 Å². The van der Waals surface area contributed by atoms with E-state index < -0.39 is 0 Å². The summed E-state index contributed by atoms with van der Waals surface area (Å²) in [6, 6.07) is 0.422. The van der Waals surface area contributed by atoms with Crippen molar-refractivity contribution >= 4 is 6.29 Å². The number of rotatable bonds is 7. The van der Waals surface area contributed by atoms with E-state index in [1.165, 1.54) is 0 Å². The van der Waals surface area contributed by atoms with Gasteiger partial charge in [-0.3, -0.25) is 0 Å². The molecule has 0 radical (unpaired) electrons. The molecule has 13 heavy (non-hydrogen) atoms. The molecule has 0 bridgehead atoms. The molecule has 2 unspecified atom stereocenters. The maximum absolute atomic E-state index is 10.7. The molecule has 0 aromatic rings.